The molecular formula is C62H104O22S. The molecule has 0 spiro atoms. The molecule has 0 aromatic rings. The second kappa shape index (κ2) is 38.3. The first-order valence-corrected chi connectivity index (χ1v) is 32.6. The van der Waals surface area contributed by atoms with Gasteiger partial charge in [0, 0.05) is 38.5 Å². The van der Waals surface area contributed by atoms with Crippen LogP contribution in [0.2, 0.25) is 0 Å². The van der Waals surface area contributed by atoms with Crippen molar-refractivity contribution in [2.75, 3.05) is 13.2 Å². The number of rotatable bonds is 43. The van der Waals surface area contributed by atoms with Crippen LogP contribution in [-0.2, 0) is 52.8 Å². The Morgan fingerprint density at radius 2 is 1.47 bits per heavy atom. The number of epoxide rings is 1. The van der Waals surface area contributed by atoms with E-state index in [2.05, 4.69) is 54.6 Å². The van der Waals surface area contributed by atoms with Gasteiger partial charge in [0.15, 0.2) is 6.29 Å². The van der Waals surface area contributed by atoms with E-state index in [1.165, 1.54) is 38.2 Å². The third-order valence-corrected chi connectivity index (χ3v) is 17.2. The van der Waals surface area contributed by atoms with E-state index in [9.17, 15) is 68.8 Å². The summed E-state index contributed by atoms with van der Waals surface area (Å²) in [7, 11) is -4.98. The Balaban J connectivity index is 0.920. The number of carbonyl (C=O) groups is 1. The number of allylic oxidation sites excluding steroid dienone is 4. The molecule has 22 nitrogen and oxygen atoms in total. The molecule has 0 radical (unpaired) electrons. The van der Waals surface area contributed by atoms with Gasteiger partial charge in [-0.25, -0.2) is 14.0 Å². The van der Waals surface area contributed by atoms with Crippen molar-refractivity contribution in [3.05, 3.63) is 60.8 Å². The number of hydrogen-bond donors (Lipinski definition) is 11. The summed E-state index contributed by atoms with van der Waals surface area (Å²) in [6.07, 6.45) is 9.34. The summed E-state index contributed by atoms with van der Waals surface area (Å²) < 4.78 is 66.0. The zero-order valence-electron chi connectivity index (χ0n) is 50.1. The zero-order chi connectivity index (χ0) is 62.1. The molecule has 0 amide bonds. The first-order chi connectivity index (χ1) is 40.5. The summed E-state index contributed by atoms with van der Waals surface area (Å²) >= 11 is 0. The van der Waals surface area contributed by atoms with E-state index in [1.807, 2.05) is 6.08 Å². The topological polar surface area (TPSA) is 351 Å². The lowest BCUT2D eigenvalue weighted by atomic mass is 9.90. The van der Waals surface area contributed by atoms with Crippen molar-refractivity contribution in [3.63, 3.8) is 0 Å². The number of ether oxygens (including phenoxy) is 5. The van der Waals surface area contributed by atoms with Crippen molar-refractivity contribution in [3.8, 4) is 0 Å². The van der Waals surface area contributed by atoms with Crippen molar-refractivity contribution < 1.29 is 106 Å². The van der Waals surface area contributed by atoms with Gasteiger partial charge in [0.25, 0.3) is 0 Å². The average molecular weight is 1230 g/mol. The summed E-state index contributed by atoms with van der Waals surface area (Å²) in [5.74, 6) is 0.0709. The molecule has 0 bridgehead atoms. The fourth-order valence-electron chi connectivity index (χ4n) is 11.9. The molecule has 0 saturated carbocycles. The molecule has 490 valence electrons. The normalized spacial score (nSPS) is 32.2. The summed E-state index contributed by atoms with van der Waals surface area (Å²) in [5, 5.41) is 105. The monoisotopic (exact) mass is 1230 g/mol. The molecule has 5 aliphatic heterocycles. The van der Waals surface area contributed by atoms with Crippen LogP contribution in [0.25, 0.3) is 0 Å². The minimum absolute atomic E-state index is 0.00792. The van der Waals surface area contributed by atoms with Gasteiger partial charge in [0.05, 0.1) is 86.0 Å². The summed E-state index contributed by atoms with van der Waals surface area (Å²) in [6, 6.07) is 0. The summed E-state index contributed by atoms with van der Waals surface area (Å²) in [4.78, 5) is 24.0. The predicted octanol–water partition coefficient (Wildman–Crippen LogP) is 5.31. The molecule has 0 aromatic carbocycles. The lowest BCUT2D eigenvalue weighted by Crippen LogP contribution is -2.59. The highest BCUT2D eigenvalue weighted by molar-refractivity contribution is 7.80. The number of aliphatic hydroxyl groups excluding tert-OH is 10. The largest absolute Gasteiger partial charge is 0.397 e. The maximum Gasteiger partial charge on any atom is 0.397 e. The van der Waals surface area contributed by atoms with Crippen molar-refractivity contribution in [2.24, 2.45) is 5.92 Å². The first kappa shape index (κ1) is 73.3. The highest BCUT2D eigenvalue weighted by Gasteiger charge is 2.46. The van der Waals surface area contributed by atoms with Crippen LogP contribution in [-0.4, -0.2) is 205 Å². The predicted molar refractivity (Wildman–Crippen MR) is 313 cm³/mol. The van der Waals surface area contributed by atoms with Gasteiger partial charge >= 0.3 is 10.4 Å². The third-order valence-electron chi connectivity index (χ3n) is 16.8. The maximum absolute atomic E-state index is 13.1. The van der Waals surface area contributed by atoms with Crippen molar-refractivity contribution >= 4 is 16.2 Å². The van der Waals surface area contributed by atoms with Gasteiger partial charge in [0.1, 0.15) is 49.0 Å². The molecule has 5 heterocycles. The third kappa shape index (κ3) is 27.7. The van der Waals surface area contributed by atoms with E-state index in [1.54, 1.807) is 0 Å². The van der Waals surface area contributed by atoms with Gasteiger partial charge < -0.3 is 74.7 Å². The Labute approximate surface area is 503 Å². The molecular weight excluding hydrogens is 1130 g/mol. The molecule has 21 atom stereocenters. The fourth-order valence-corrected chi connectivity index (χ4v) is 12.4. The summed E-state index contributed by atoms with van der Waals surface area (Å²) in [5.41, 5.74) is 2.26. The van der Waals surface area contributed by atoms with E-state index in [4.69, 9.17) is 33.5 Å². The molecule has 5 aliphatic rings. The highest BCUT2D eigenvalue weighted by atomic mass is 32.3. The van der Waals surface area contributed by atoms with Gasteiger partial charge in [0.2, 0.25) is 0 Å². The first-order valence-electron chi connectivity index (χ1n) is 31.3. The Hall–Kier alpha value is -2.44. The minimum Gasteiger partial charge on any atom is -0.394 e. The molecule has 4 fully saturated rings. The number of aliphatic hydroxyl groups is 10. The van der Waals surface area contributed by atoms with Crippen molar-refractivity contribution in [1.82, 2.24) is 0 Å². The molecule has 5 rings (SSSR count). The smallest absolute Gasteiger partial charge is 0.394 e. The van der Waals surface area contributed by atoms with E-state index in [-0.39, 0.29) is 75.5 Å². The molecule has 23 heteroatoms. The second-order valence-corrected chi connectivity index (χ2v) is 25.6. The average Bonchev–Trinajstić information content (AvgIpc) is 4.07. The van der Waals surface area contributed by atoms with E-state index < -0.39 is 115 Å². The molecule has 11 N–H and O–H groups in total. The van der Waals surface area contributed by atoms with Gasteiger partial charge in [-0.1, -0.05) is 87.6 Å². The van der Waals surface area contributed by atoms with Gasteiger partial charge in [-0.15, -0.1) is 6.58 Å². The van der Waals surface area contributed by atoms with E-state index >= 15 is 0 Å². The van der Waals surface area contributed by atoms with E-state index in [0.29, 0.717) is 44.6 Å². The highest BCUT2D eigenvalue weighted by Crippen LogP contribution is 2.35. The van der Waals surface area contributed by atoms with Crippen LogP contribution in [0.4, 0.5) is 0 Å². The Morgan fingerprint density at radius 3 is 2.21 bits per heavy atom. The molecule has 0 aliphatic carbocycles. The quantitative estimate of drug-likeness (QED) is 0.0121. The van der Waals surface area contributed by atoms with Crippen LogP contribution in [0.15, 0.2) is 60.8 Å². The van der Waals surface area contributed by atoms with Crippen molar-refractivity contribution in [1.29, 1.82) is 0 Å². The minimum atomic E-state index is -4.98. The maximum atomic E-state index is 13.1. The SMILES string of the molecule is C=CCC(=C)C[C@@H]1C[C@@H](O)[C@H](C/C=C/CC2=CC(CC/C=C/CCCCCCCC(C)CC[C@H]3O[C@@H]3CCCC(CC(O)CC(=O)CC(O)CCC(O)[C@@H]3C[C@H](O)[C@H](OS(=O)(=O)O)[C@@H](CC(C)O)O3)O[C@@H]3O[C@H](CO)[C@@H](O)[C@H](O)[C@H]3O)OOC2)O1. The van der Waals surface area contributed by atoms with Gasteiger partial charge in [-0.3, -0.25) is 9.35 Å². The standard InChI is InChI=1S/C62H104O22S/c1-5-18-40(3)29-48-35-50(69)52(78-48)23-16-15-20-42-31-47(83-77-38-42)21-14-12-10-8-6-7-9-11-13-19-39(2)25-28-54-53(80-54)24-17-22-46(79-62-60(73)59(72)58(71)57(37-63)82-62)34-45(67)33-44(66)32-43(65)26-27-49(68)55-36-51(70)61(84-85(74,75)76)56(81-55)30-41(4)64/h5,10,12,15-16,31,39,41,43,45-65,67-73H,1,3,6-9,11,13-14,17-30,32-38H2,2,4H3,(H,74,75,76)/b12-10+,16-15+/t39?,41?,43?,45?,46?,47?,48-,49?,50-,51+,52+,53-,54-,55+,56-,57-,58-,59+,60-,61+,62-/m1/s1. The van der Waals surface area contributed by atoms with E-state index in [0.717, 1.165) is 69.8 Å². The second-order valence-electron chi connectivity index (χ2n) is 24.6. The molecule has 85 heavy (non-hydrogen) atoms. The number of ketones is 1. The van der Waals surface area contributed by atoms with Gasteiger partial charge in [-0.2, -0.15) is 8.42 Å². The Bertz CT molecular complexity index is 2140. The van der Waals surface area contributed by atoms with Crippen LogP contribution < -0.4 is 0 Å². The van der Waals surface area contributed by atoms with Crippen LogP contribution in [0.5, 0.6) is 0 Å². The number of carbonyl (C=O) groups excluding carboxylic acids is 1. The lowest BCUT2D eigenvalue weighted by molar-refractivity contribution is -0.316. The summed E-state index contributed by atoms with van der Waals surface area (Å²) in [6.45, 7) is 11.3. The van der Waals surface area contributed by atoms with Crippen LogP contribution >= 0.6 is 0 Å². The molecule has 0 aromatic heterocycles. The van der Waals surface area contributed by atoms with Crippen LogP contribution in [0.3, 0.4) is 0 Å². The van der Waals surface area contributed by atoms with Crippen molar-refractivity contribution in [2.45, 2.75) is 303 Å². The fraction of sp³-hybridized carbons (Fsp3) is 0.823. The lowest BCUT2D eigenvalue weighted by Gasteiger charge is -2.41. The Morgan fingerprint density at radius 1 is 0.741 bits per heavy atom. The van der Waals surface area contributed by atoms with Crippen LogP contribution in [0, 0.1) is 5.92 Å². The number of unbranched alkanes of at least 4 members (excludes halogenated alkanes) is 5. The number of Topliss-reactive ketones (excluding diaryl/α,β-unsaturated/α-hetero) is 1. The zero-order valence-corrected chi connectivity index (χ0v) is 50.9. The Kier molecular flexibility index (Phi) is 33.0. The van der Waals surface area contributed by atoms with Crippen LogP contribution in [0.1, 0.15) is 181 Å². The van der Waals surface area contributed by atoms with Gasteiger partial charge in [-0.05, 0) is 115 Å². The molecule has 4 saturated heterocycles. The molecule has 7 unspecified atom stereocenters. The number of hydrogen-bond acceptors (Lipinski definition) is 21.